The molecule has 0 unspecified atom stereocenters. The third-order valence-electron chi connectivity index (χ3n) is 3.62. The van der Waals surface area contributed by atoms with Crippen LogP contribution in [0.1, 0.15) is 0 Å². The SMILES string of the molecule is c1cc2ncoc2cn1.c1cc2ncsc2cn1.c1ccc2[nH]ncc2c1. The van der Waals surface area contributed by atoms with Crippen molar-refractivity contribution in [1.82, 2.24) is 30.1 Å². The number of aromatic nitrogens is 6. The maximum Gasteiger partial charge on any atom is 0.182 e. The van der Waals surface area contributed by atoms with Crippen molar-refractivity contribution in [2.75, 3.05) is 0 Å². The van der Waals surface area contributed by atoms with Crippen LogP contribution >= 0.6 is 11.3 Å². The summed E-state index contributed by atoms with van der Waals surface area (Å²) in [6.07, 6.45) is 10.1. The van der Waals surface area contributed by atoms with Crippen molar-refractivity contribution in [3.05, 3.63) is 79.3 Å². The van der Waals surface area contributed by atoms with Gasteiger partial charge in [0.1, 0.15) is 5.52 Å². The summed E-state index contributed by atoms with van der Waals surface area (Å²) in [5.74, 6) is 0. The molecule has 0 bridgehead atoms. The van der Waals surface area contributed by atoms with Crippen molar-refractivity contribution in [3.8, 4) is 0 Å². The maximum absolute atomic E-state index is 4.94. The molecule has 0 saturated carbocycles. The predicted octanol–water partition coefficient (Wildman–Crippen LogP) is 4.48. The minimum atomic E-state index is 0.734. The summed E-state index contributed by atoms with van der Waals surface area (Å²) in [5.41, 5.74) is 5.54. The number of thiazole rings is 1. The van der Waals surface area contributed by atoms with Crippen LogP contribution < -0.4 is 0 Å². The molecular weight excluding hydrogens is 360 g/mol. The highest BCUT2D eigenvalue weighted by molar-refractivity contribution is 7.16. The largest absolute Gasteiger partial charge is 0.442 e. The summed E-state index contributed by atoms with van der Waals surface area (Å²) in [4.78, 5) is 15.8. The van der Waals surface area contributed by atoms with Crippen molar-refractivity contribution in [3.63, 3.8) is 0 Å². The van der Waals surface area contributed by atoms with Crippen LogP contribution in [0.5, 0.6) is 0 Å². The Balaban J connectivity index is 0.0000001000. The molecule has 0 atom stereocenters. The smallest absolute Gasteiger partial charge is 0.182 e. The lowest BCUT2D eigenvalue weighted by Crippen LogP contribution is -1.67. The molecule has 0 radical (unpaired) electrons. The molecule has 1 aromatic carbocycles. The number of para-hydroxylation sites is 1. The van der Waals surface area contributed by atoms with Crippen molar-refractivity contribution in [1.29, 1.82) is 0 Å². The highest BCUT2D eigenvalue weighted by Gasteiger charge is 1.92. The van der Waals surface area contributed by atoms with Crippen molar-refractivity contribution >= 4 is 43.6 Å². The van der Waals surface area contributed by atoms with Crippen molar-refractivity contribution in [2.45, 2.75) is 0 Å². The average Bonchev–Trinajstić information content (AvgIpc) is 3.48. The summed E-state index contributed by atoms with van der Waals surface area (Å²) in [6, 6.07) is 11.7. The van der Waals surface area contributed by atoms with Gasteiger partial charge in [0.15, 0.2) is 12.0 Å². The van der Waals surface area contributed by atoms with Gasteiger partial charge in [0.05, 0.1) is 33.6 Å². The second-order valence-corrected chi connectivity index (χ2v) is 6.24. The molecule has 7 nitrogen and oxygen atoms in total. The zero-order chi connectivity index (χ0) is 18.3. The highest BCUT2D eigenvalue weighted by atomic mass is 32.1. The van der Waals surface area contributed by atoms with Crippen LogP contribution in [0.3, 0.4) is 0 Å². The number of oxazole rings is 1. The predicted molar refractivity (Wildman–Crippen MR) is 105 cm³/mol. The third kappa shape index (κ3) is 4.13. The third-order valence-corrected chi connectivity index (χ3v) is 4.40. The van der Waals surface area contributed by atoms with E-state index in [0.29, 0.717) is 0 Å². The molecule has 0 aliphatic heterocycles. The lowest BCUT2D eigenvalue weighted by atomic mass is 10.3. The number of fused-ring (bicyclic) bond motifs is 3. The van der Waals surface area contributed by atoms with Gasteiger partial charge in [-0.25, -0.2) is 9.97 Å². The van der Waals surface area contributed by atoms with Gasteiger partial charge >= 0.3 is 0 Å². The van der Waals surface area contributed by atoms with Crippen molar-refractivity contribution in [2.24, 2.45) is 0 Å². The molecule has 0 amide bonds. The Kier molecular flexibility index (Phi) is 5.07. The van der Waals surface area contributed by atoms with Gasteiger partial charge in [0.2, 0.25) is 0 Å². The number of pyridine rings is 2. The quantitative estimate of drug-likeness (QED) is 0.421. The zero-order valence-corrected chi connectivity index (χ0v) is 14.9. The number of benzene rings is 1. The average molecular weight is 374 g/mol. The Morgan fingerprint density at radius 1 is 0.852 bits per heavy atom. The molecule has 0 aliphatic rings. The molecule has 27 heavy (non-hydrogen) atoms. The summed E-state index contributed by atoms with van der Waals surface area (Å²) in [7, 11) is 0. The number of H-pyrrole nitrogens is 1. The summed E-state index contributed by atoms with van der Waals surface area (Å²) in [6.45, 7) is 0. The van der Waals surface area contributed by atoms with Gasteiger partial charge in [-0.2, -0.15) is 5.10 Å². The second kappa shape index (κ2) is 8.15. The van der Waals surface area contributed by atoms with Gasteiger partial charge in [0.25, 0.3) is 0 Å². The fourth-order valence-electron chi connectivity index (χ4n) is 2.30. The number of nitrogens with zero attached hydrogens (tertiary/aromatic N) is 5. The highest BCUT2D eigenvalue weighted by Crippen LogP contribution is 2.14. The maximum atomic E-state index is 4.94. The van der Waals surface area contributed by atoms with Gasteiger partial charge in [-0.3, -0.25) is 15.1 Å². The van der Waals surface area contributed by atoms with Crippen LogP contribution in [0.4, 0.5) is 0 Å². The van der Waals surface area contributed by atoms with Crippen molar-refractivity contribution < 1.29 is 4.42 Å². The van der Waals surface area contributed by atoms with Gasteiger partial charge in [-0.15, -0.1) is 11.3 Å². The van der Waals surface area contributed by atoms with E-state index in [4.69, 9.17) is 4.42 Å². The molecule has 132 valence electrons. The Labute approximate surface area is 157 Å². The fraction of sp³-hybridized carbons (Fsp3) is 0. The van der Waals surface area contributed by atoms with E-state index in [2.05, 4.69) is 30.1 Å². The Bertz CT molecular complexity index is 1010. The van der Waals surface area contributed by atoms with E-state index in [0.717, 1.165) is 32.2 Å². The molecule has 0 fully saturated rings. The Morgan fingerprint density at radius 3 is 2.56 bits per heavy atom. The first kappa shape index (κ1) is 16.8. The van der Waals surface area contributed by atoms with E-state index in [1.54, 1.807) is 36.0 Å². The molecule has 1 N–H and O–H groups in total. The van der Waals surface area contributed by atoms with E-state index < -0.39 is 0 Å². The van der Waals surface area contributed by atoms with E-state index in [-0.39, 0.29) is 0 Å². The molecule has 6 rings (SSSR count). The van der Waals surface area contributed by atoms with E-state index in [9.17, 15) is 0 Å². The molecule has 0 aliphatic carbocycles. The van der Waals surface area contributed by atoms with Crippen LogP contribution in [0.2, 0.25) is 0 Å². The molecule has 8 heteroatoms. The van der Waals surface area contributed by atoms with Gasteiger partial charge in [-0.05, 0) is 18.2 Å². The first-order valence-electron chi connectivity index (χ1n) is 8.05. The summed E-state index contributed by atoms with van der Waals surface area (Å²) in [5, 5.41) is 7.91. The molecule has 5 heterocycles. The first-order valence-corrected chi connectivity index (χ1v) is 8.92. The lowest BCUT2D eigenvalue weighted by Gasteiger charge is -1.81. The van der Waals surface area contributed by atoms with Gasteiger partial charge in [0, 0.05) is 24.0 Å². The number of hydrogen-bond donors (Lipinski definition) is 1. The van der Waals surface area contributed by atoms with Crippen LogP contribution in [-0.4, -0.2) is 30.1 Å². The van der Waals surface area contributed by atoms with E-state index >= 15 is 0 Å². The van der Waals surface area contributed by atoms with Crippen LogP contribution in [0, 0.1) is 0 Å². The standard InChI is InChI=1S/C7H6N2.C6H4N2O.C6H4N2S/c1-2-4-7-6(3-1)5-8-9-7;2*1-2-7-3-6-5(1)8-4-9-6/h1-5H,(H,8,9);2*1-4H. The van der Waals surface area contributed by atoms with Crippen LogP contribution in [-0.2, 0) is 0 Å². The van der Waals surface area contributed by atoms with E-state index in [1.807, 2.05) is 48.2 Å². The number of hydrogen-bond acceptors (Lipinski definition) is 7. The monoisotopic (exact) mass is 374 g/mol. The number of aromatic amines is 1. The summed E-state index contributed by atoms with van der Waals surface area (Å²) < 4.78 is 6.09. The normalized spacial score (nSPS) is 10.2. The minimum Gasteiger partial charge on any atom is -0.442 e. The molecule has 0 spiro atoms. The summed E-state index contributed by atoms with van der Waals surface area (Å²) >= 11 is 1.61. The molecular formula is C19H14N6OS. The second-order valence-electron chi connectivity index (χ2n) is 5.35. The Morgan fingerprint density at radius 2 is 1.70 bits per heavy atom. The molecule has 6 aromatic rings. The number of nitrogens with one attached hydrogen (secondary N) is 1. The lowest BCUT2D eigenvalue weighted by molar-refractivity contribution is 0.601. The van der Waals surface area contributed by atoms with Gasteiger partial charge < -0.3 is 4.42 Å². The number of rotatable bonds is 0. The van der Waals surface area contributed by atoms with Crippen LogP contribution in [0.15, 0.2) is 83.7 Å². The Hall–Kier alpha value is -3.65. The fourth-order valence-corrected chi connectivity index (χ4v) is 2.95. The van der Waals surface area contributed by atoms with Gasteiger partial charge in [-0.1, -0.05) is 18.2 Å². The topological polar surface area (TPSA) is 93.4 Å². The zero-order valence-electron chi connectivity index (χ0n) is 14.1. The van der Waals surface area contributed by atoms with E-state index in [1.165, 1.54) is 6.39 Å². The molecule has 5 aromatic heterocycles. The molecule has 0 saturated heterocycles. The van der Waals surface area contributed by atoms with Crippen LogP contribution in [0.25, 0.3) is 32.2 Å². The minimum absolute atomic E-state index is 0.734. The first-order chi connectivity index (χ1) is 13.4.